The van der Waals surface area contributed by atoms with Gasteiger partial charge in [-0.25, -0.2) is 0 Å². The number of amides is 2. The van der Waals surface area contributed by atoms with Crippen LogP contribution in [-0.4, -0.2) is 17.4 Å². The van der Waals surface area contributed by atoms with Crippen LogP contribution < -0.4 is 11.1 Å². The highest BCUT2D eigenvalue weighted by atomic mass is 35.5. The third-order valence-electron chi connectivity index (χ3n) is 6.32. The fraction of sp³-hybridized carbons (Fsp3) is 0.619. The SMILES string of the molecule is C.CC(C)(Cc1ccc(Cl)cc1)C(=O)NC12CCC(C(N)=O)(CC1)CC2. The maximum Gasteiger partial charge on any atom is 0.226 e. The van der Waals surface area contributed by atoms with Crippen molar-refractivity contribution in [2.45, 2.75) is 71.8 Å². The lowest BCUT2D eigenvalue weighted by molar-refractivity contribution is -0.139. The Morgan fingerprint density at radius 1 is 1.08 bits per heavy atom. The summed E-state index contributed by atoms with van der Waals surface area (Å²) in [5.74, 6) is -0.0916. The molecule has 3 N–H and O–H groups in total. The molecular formula is C21H31ClN2O2. The Labute approximate surface area is 161 Å². The van der Waals surface area contributed by atoms with E-state index in [-0.39, 0.29) is 30.2 Å². The average Bonchev–Trinajstić information content (AvgIpc) is 2.58. The third kappa shape index (κ3) is 3.90. The molecule has 0 unspecified atom stereocenters. The first-order valence-electron chi connectivity index (χ1n) is 9.04. The van der Waals surface area contributed by atoms with Gasteiger partial charge in [-0.2, -0.15) is 0 Å². The number of halogens is 1. The average molecular weight is 379 g/mol. The molecule has 4 rings (SSSR count). The summed E-state index contributed by atoms with van der Waals surface area (Å²) in [4.78, 5) is 24.7. The number of fused-ring (bicyclic) bond motifs is 3. The van der Waals surface area contributed by atoms with E-state index in [9.17, 15) is 9.59 Å². The second-order valence-corrected chi connectivity index (χ2v) is 9.00. The molecule has 1 aromatic carbocycles. The van der Waals surface area contributed by atoms with Crippen LogP contribution >= 0.6 is 11.6 Å². The first-order valence-corrected chi connectivity index (χ1v) is 9.41. The van der Waals surface area contributed by atoms with Gasteiger partial charge in [-0.15, -0.1) is 0 Å². The summed E-state index contributed by atoms with van der Waals surface area (Å²) in [5, 5.41) is 4.03. The molecule has 5 heteroatoms. The van der Waals surface area contributed by atoms with Crippen LogP contribution in [0.2, 0.25) is 5.02 Å². The standard InChI is InChI=1S/C20H27ClN2O2.CH4/c1-18(2,13-14-3-5-15(21)6-4-14)17(25)23-20-10-7-19(8-11-20,9-12-20)16(22)24;/h3-6H,7-13H2,1-2H3,(H2,22,24)(H,23,25);1H4. The molecular weight excluding hydrogens is 348 g/mol. The number of hydrogen-bond donors (Lipinski definition) is 2. The molecule has 3 saturated carbocycles. The summed E-state index contributed by atoms with van der Waals surface area (Å²) in [7, 11) is 0. The Bertz CT molecular complexity index is 657. The highest BCUT2D eigenvalue weighted by Gasteiger charge is 2.52. The highest BCUT2D eigenvalue weighted by molar-refractivity contribution is 6.30. The monoisotopic (exact) mass is 378 g/mol. The topological polar surface area (TPSA) is 72.2 Å². The van der Waals surface area contributed by atoms with Crippen molar-refractivity contribution in [2.24, 2.45) is 16.6 Å². The van der Waals surface area contributed by atoms with Crippen molar-refractivity contribution >= 4 is 23.4 Å². The van der Waals surface area contributed by atoms with Gasteiger partial charge in [-0.3, -0.25) is 9.59 Å². The molecule has 0 aromatic heterocycles. The number of hydrogen-bond acceptors (Lipinski definition) is 2. The zero-order valence-electron chi connectivity index (χ0n) is 15.0. The number of primary amides is 1. The minimum absolute atomic E-state index is 0. The van der Waals surface area contributed by atoms with Gasteiger partial charge in [-0.1, -0.05) is 45.0 Å². The van der Waals surface area contributed by atoms with Crippen LogP contribution in [0, 0.1) is 10.8 Å². The summed E-state index contributed by atoms with van der Waals surface area (Å²) < 4.78 is 0. The quantitative estimate of drug-likeness (QED) is 0.804. The van der Waals surface area contributed by atoms with Gasteiger partial charge in [0.1, 0.15) is 0 Å². The van der Waals surface area contributed by atoms with Gasteiger partial charge in [0.05, 0.1) is 0 Å². The van der Waals surface area contributed by atoms with Crippen molar-refractivity contribution in [1.29, 1.82) is 0 Å². The number of carbonyl (C=O) groups is 2. The summed E-state index contributed by atoms with van der Waals surface area (Å²) in [5.41, 5.74) is 5.72. The molecule has 3 aliphatic rings. The third-order valence-corrected chi connectivity index (χ3v) is 6.57. The first kappa shape index (κ1) is 20.8. The van der Waals surface area contributed by atoms with Gasteiger partial charge < -0.3 is 11.1 Å². The summed E-state index contributed by atoms with van der Waals surface area (Å²) in [6.45, 7) is 3.96. The fourth-order valence-electron chi connectivity index (χ4n) is 4.35. The molecule has 0 spiro atoms. The van der Waals surface area contributed by atoms with E-state index in [1.807, 2.05) is 38.1 Å². The van der Waals surface area contributed by atoms with Crippen molar-refractivity contribution in [2.75, 3.05) is 0 Å². The Morgan fingerprint density at radius 3 is 2.04 bits per heavy atom. The molecule has 3 aliphatic carbocycles. The van der Waals surface area contributed by atoms with Gasteiger partial charge in [0.15, 0.2) is 0 Å². The maximum absolute atomic E-state index is 13.0. The lowest BCUT2D eigenvalue weighted by Crippen LogP contribution is -2.61. The van der Waals surface area contributed by atoms with Crippen LogP contribution in [0.3, 0.4) is 0 Å². The number of benzene rings is 1. The minimum Gasteiger partial charge on any atom is -0.369 e. The largest absolute Gasteiger partial charge is 0.369 e. The zero-order valence-corrected chi connectivity index (χ0v) is 15.8. The lowest BCUT2D eigenvalue weighted by atomic mass is 9.57. The van der Waals surface area contributed by atoms with Crippen LogP contribution in [-0.2, 0) is 16.0 Å². The predicted octanol–water partition coefficient (Wildman–Crippen LogP) is 4.24. The molecule has 144 valence electrons. The highest BCUT2D eigenvalue weighted by Crippen LogP contribution is 2.52. The molecule has 0 aliphatic heterocycles. The minimum atomic E-state index is -0.502. The lowest BCUT2D eigenvalue weighted by Gasteiger charge is -2.52. The first-order chi connectivity index (χ1) is 11.7. The molecule has 26 heavy (non-hydrogen) atoms. The molecule has 2 amide bonds. The molecule has 0 heterocycles. The van der Waals surface area contributed by atoms with E-state index >= 15 is 0 Å². The van der Waals surface area contributed by atoms with Crippen molar-refractivity contribution in [3.63, 3.8) is 0 Å². The molecule has 3 fully saturated rings. The fourth-order valence-corrected chi connectivity index (χ4v) is 4.47. The van der Waals surface area contributed by atoms with E-state index in [0.717, 1.165) is 44.1 Å². The van der Waals surface area contributed by atoms with Gasteiger partial charge >= 0.3 is 0 Å². The predicted molar refractivity (Wildman–Crippen MR) is 106 cm³/mol. The molecule has 0 atom stereocenters. The Hall–Kier alpha value is -1.55. The molecule has 1 aromatic rings. The van der Waals surface area contributed by atoms with E-state index < -0.39 is 5.41 Å². The van der Waals surface area contributed by atoms with Gasteiger partial charge in [0.25, 0.3) is 0 Å². The van der Waals surface area contributed by atoms with Crippen molar-refractivity contribution in [1.82, 2.24) is 5.32 Å². The molecule has 0 saturated heterocycles. The van der Waals surface area contributed by atoms with Crippen molar-refractivity contribution in [3.8, 4) is 0 Å². The second-order valence-electron chi connectivity index (χ2n) is 8.57. The molecule has 4 nitrogen and oxygen atoms in total. The molecule has 2 bridgehead atoms. The molecule has 0 radical (unpaired) electrons. The van der Waals surface area contributed by atoms with Gasteiger partial charge in [0.2, 0.25) is 11.8 Å². The number of rotatable bonds is 5. The van der Waals surface area contributed by atoms with Gasteiger partial charge in [0, 0.05) is 21.4 Å². The van der Waals surface area contributed by atoms with Crippen LogP contribution in [0.1, 0.15) is 65.4 Å². The summed E-state index contributed by atoms with van der Waals surface area (Å²) >= 11 is 5.94. The van der Waals surface area contributed by atoms with Crippen LogP contribution in [0.4, 0.5) is 0 Å². The second kappa shape index (κ2) is 7.22. The Morgan fingerprint density at radius 2 is 1.58 bits per heavy atom. The van der Waals surface area contributed by atoms with E-state index in [4.69, 9.17) is 17.3 Å². The van der Waals surface area contributed by atoms with Crippen LogP contribution in [0.5, 0.6) is 0 Å². The number of nitrogens with two attached hydrogens (primary N) is 1. The van der Waals surface area contributed by atoms with E-state index in [1.165, 1.54) is 0 Å². The summed E-state index contributed by atoms with van der Waals surface area (Å²) in [6, 6.07) is 7.65. The van der Waals surface area contributed by atoms with E-state index in [2.05, 4.69) is 5.32 Å². The number of nitrogens with one attached hydrogen (secondary N) is 1. The van der Waals surface area contributed by atoms with Crippen molar-refractivity contribution < 1.29 is 9.59 Å². The number of carbonyl (C=O) groups excluding carboxylic acids is 2. The van der Waals surface area contributed by atoms with E-state index in [1.54, 1.807) is 0 Å². The smallest absolute Gasteiger partial charge is 0.226 e. The van der Waals surface area contributed by atoms with Crippen LogP contribution in [0.15, 0.2) is 24.3 Å². The zero-order chi connectivity index (χ0) is 18.3. The normalized spacial score (nSPS) is 27.5. The Balaban J connectivity index is 0.00000243. The summed E-state index contributed by atoms with van der Waals surface area (Å²) in [6.07, 6.45) is 5.58. The van der Waals surface area contributed by atoms with E-state index in [0.29, 0.717) is 11.4 Å². The van der Waals surface area contributed by atoms with Crippen LogP contribution in [0.25, 0.3) is 0 Å². The maximum atomic E-state index is 13.0. The van der Waals surface area contributed by atoms with Crippen molar-refractivity contribution in [3.05, 3.63) is 34.9 Å². The van der Waals surface area contributed by atoms with Gasteiger partial charge in [-0.05, 0) is 62.6 Å². The Kier molecular flexibility index (Phi) is 5.77.